The minimum absolute atomic E-state index is 0.0535. The maximum Gasteiger partial charge on any atom is 0.294 e. The van der Waals surface area contributed by atoms with Crippen molar-refractivity contribution in [1.29, 1.82) is 0 Å². The summed E-state index contributed by atoms with van der Waals surface area (Å²) in [5.74, 6) is -0.0535. The summed E-state index contributed by atoms with van der Waals surface area (Å²) in [6.45, 7) is 1.98. The molecule has 0 bridgehead atoms. The van der Waals surface area contributed by atoms with Crippen molar-refractivity contribution in [3.63, 3.8) is 0 Å². The molecule has 1 aromatic heterocycles. The number of hydrogen-bond donors (Lipinski definition) is 0. The fourth-order valence-corrected chi connectivity index (χ4v) is 3.34. The van der Waals surface area contributed by atoms with Gasteiger partial charge in [0, 0.05) is 5.56 Å². The predicted octanol–water partition coefficient (Wildman–Crippen LogP) is 4.79. The molecule has 1 heterocycles. The molecule has 26 heavy (non-hydrogen) atoms. The van der Waals surface area contributed by atoms with Crippen LogP contribution in [0.5, 0.6) is 0 Å². The molecule has 1 aliphatic carbocycles. The minimum Gasteiger partial charge on any atom is -0.331 e. The van der Waals surface area contributed by atoms with Crippen molar-refractivity contribution in [3.05, 3.63) is 88.1 Å². The summed E-state index contributed by atoms with van der Waals surface area (Å²) < 4.78 is 1.94. The summed E-state index contributed by atoms with van der Waals surface area (Å²) in [6.07, 6.45) is 6.81. The van der Waals surface area contributed by atoms with Gasteiger partial charge >= 0.3 is 0 Å². The molecule has 0 amide bonds. The van der Waals surface area contributed by atoms with Crippen molar-refractivity contribution in [2.45, 2.75) is 25.3 Å². The molecule has 1 aliphatic rings. The molecular formula is C21H18N2O3. The smallest absolute Gasteiger partial charge is 0.294 e. The van der Waals surface area contributed by atoms with Crippen molar-refractivity contribution in [2.75, 3.05) is 0 Å². The number of aryl methyl sites for hydroxylation is 1. The second-order valence-corrected chi connectivity index (χ2v) is 6.83. The monoisotopic (exact) mass is 346 g/mol. The largest absolute Gasteiger partial charge is 0.331 e. The summed E-state index contributed by atoms with van der Waals surface area (Å²) in [4.78, 5) is 23.5. The Balaban J connectivity index is 1.70. The molecule has 5 nitrogen and oxygen atoms in total. The quantitative estimate of drug-likeness (QED) is 0.289. The van der Waals surface area contributed by atoms with Crippen LogP contribution in [0, 0.1) is 17.0 Å². The minimum atomic E-state index is -0.353. The second kappa shape index (κ2) is 5.95. The number of nitrogens with zero attached hydrogens (tertiary/aromatic N) is 2. The summed E-state index contributed by atoms with van der Waals surface area (Å²) in [7, 11) is 0. The topological polar surface area (TPSA) is 65.1 Å². The molecule has 1 fully saturated rings. The van der Waals surface area contributed by atoms with Crippen LogP contribution in [-0.4, -0.2) is 15.3 Å². The number of benzene rings is 2. The summed E-state index contributed by atoms with van der Waals surface area (Å²) in [6, 6.07) is 14.8. The number of ketones is 1. The fraction of sp³-hybridized carbons (Fsp3) is 0.190. The highest BCUT2D eigenvalue weighted by molar-refractivity contribution is 6.04. The van der Waals surface area contributed by atoms with E-state index in [2.05, 4.69) is 0 Å². The van der Waals surface area contributed by atoms with Crippen LogP contribution in [0.3, 0.4) is 0 Å². The molecule has 0 radical (unpaired) electrons. The van der Waals surface area contributed by atoms with Gasteiger partial charge in [-0.25, -0.2) is 0 Å². The molecule has 3 aromatic rings. The van der Waals surface area contributed by atoms with Gasteiger partial charge in [-0.1, -0.05) is 48.0 Å². The van der Waals surface area contributed by atoms with Crippen LogP contribution in [0.4, 0.5) is 5.69 Å². The summed E-state index contributed by atoms with van der Waals surface area (Å²) in [5, 5.41) is 12.0. The van der Waals surface area contributed by atoms with Gasteiger partial charge in [-0.15, -0.1) is 0 Å². The van der Waals surface area contributed by atoms with Gasteiger partial charge in [-0.3, -0.25) is 14.9 Å². The van der Waals surface area contributed by atoms with Gasteiger partial charge in [0.1, 0.15) is 0 Å². The van der Waals surface area contributed by atoms with E-state index in [0.717, 1.165) is 23.9 Å². The number of carbonyl (C=O) groups excluding carboxylic acids is 1. The lowest BCUT2D eigenvalue weighted by atomic mass is 10.1. The van der Waals surface area contributed by atoms with Crippen LogP contribution < -0.4 is 0 Å². The van der Waals surface area contributed by atoms with Crippen LogP contribution in [0.25, 0.3) is 10.9 Å². The Kier molecular flexibility index (Phi) is 3.72. The molecule has 0 spiro atoms. The molecule has 130 valence electrons. The molecule has 2 aromatic carbocycles. The van der Waals surface area contributed by atoms with E-state index in [9.17, 15) is 14.9 Å². The highest BCUT2D eigenvalue weighted by Gasteiger charge is 2.44. The average Bonchev–Trinajstić information content (AvgIpc) is 3.32. The van der Waals surface area contributed by atoms with E-state index in [4.69, 9.17) is 0 Å². The number of para-hydroxylation sites is 1. The van der Waals surface area contributed by atoms with Gasteiger partial charge < -0.3 is 4.57 Å². The number of hydrogen-bond acceptors (Lipinski definition) is 3. The zero-order chi connectivity index (χ0) is 18.3. The first kappa shape index (κ1) is 16.3. The van der Waals surface area contributed by atoms with Crippen molar-refractivity contribution in [1.82, 2.24) is 4.57 Å². The Morgan fingerprint density at radius 3 is 2.50 bits per heavy atom. The van der Waals surface area contributed by atoms with Crippen molar-refractivity contribution in [2.24, 2.45) is 0 Å². The third-order valence-corrected chi connectivity index (χ3v) is 5.01. The lowest BCUT2D eigenvalue weighted by molar-refractivity contribution is -0.383. The summed E-state index contributed by atoms with van der Waals surface area (Å²) in [5.41, 5.74) is 2.32. The van der Waals surface area contributed by atoms with Crippen LogP contribution in [0.15, 0.2) is 66.9 Å². The number of aromatic nitrogens is 1. The van der Waals surface area contributed by atoms with Crippen molar-refractivity contribution in [3.8, 4) is 0 Å². The van der Waals surface area contributed by atoms with Crippen molar-refractivity contribution < 1.29 is 9.72 Å². The van der Waals surface area contributed by atoms with E-state index >= 15 is 0 Å². The Labute approximate surface area is 150 Å². The molecule has 0 atom stereocenters. The number of carbonyl (C=O) groups is 1. The van der Waals surface area contributed by atoms with E-state index < -0.39 is 0 Å². The van der Waals surface area contributed by atoms with Gasteiger partial charge in [-0.05, 0) is 38.0 Å². The molecular weight excluding hydrogens is 328 g/mol. The molecule has 5 heteroatoms. The summed E-state index contributed by atoms with van der Waals surface area (Å²) >= 11 is 0. The Morgan fingerprint density at radius 1 is 1.15 bits per heavy atom. The fourth-order valence-electron chi connectivity index (χ4n) is 3.34. The van der Waals surface area contributed by atoms with Gasteiger partial charge in [0.2, 0.25) is 0 Å². The highest BCUT2D eigenvalue weighted by Crippen LogP contribution is 2.48. The van der Waals surface area contributed by atoms with E-state index in [1.54, 1.807) is 24.4 Å². The number of fused-ring (bicyclic) bond motifs is 1. The number of rotatable bonds is 5. The van der Waals surface area contributed by atoms with Crippen molar-refractivity contribution >= 4 is 22.4 Å². The highest BCUT2D eigenvalue weighted by atomic mass is 16.6. The lowest BCUT2D eigenvalue weighted by Gasteiger charge is -2.14. The number of allylic oxidation sites excluding steroid dienone is 2. The molecule has 1 saturated carbocycles. The maximum absolute atomic E-state index is 12.4. The standard InChI is InChI=1S/C21H18N2O3/c1-15-6-8-16(9-7-15)20(24)10-11-21(12-13-21)22-14-19(23(25)26)17-4-2-3-5-18(17)22/h2-11,14H,12-13H2,1H3/b11-10+. The Morgan fingerprint density at radius 2 is 1.85 bits per heavy atom. The van der Waals surface area contributed by atoms with E-state index in [1.807, 2.05) is 54.0 Å². The zero-order valence-corrected chi connectivity index (χ0v) is 14.4. The van der Waals surface area contributed by atoms with E-state index in [1.165, 1.54) is 0 Å². The van der Waals surface area contributed by atoms with Crippen LogP contribution >= 0.6 is 0 Å². The van der Waals surface area contributed by atoms with Crippen LogP contribution in [0.2, 0.25) is 0 Å². The molecule has 4 rings (SSSR count). The van der Waals surface area contributed by atoms with E-state index in [0.29, 0.717) is 10.9 Å². The van der Waals surface area contributed by atoms with Gasteiger partial charge in [0.05, 0.1) is 27.6 Å². The molecule has 0 unspecified atom stereocenters. The first-order valence-corrected chi connectivity index (χ1v) is 8.55. The molecule has 0 aliphatic heterocycles. The van der Waals surface area contributed by atoms with Gasteiger partial charge in [0.15, 0.2) is 5.78 Å². The zero-order valence-electron chi connectivity index (χ0n) is 14.4. The Hall–Kier alpha value is -3.21. The average molecular weight is 346 g/mol. The van der Waals surface area contributed by atoms with Crippen LogP contribution in [-0.2, 0) is 5.54 Å². The maximum atomic E-state index is 12.4. The first-order chi connectivity index (χ1) is 12.5. The third-order valence-electron chi connectivity index (χ3n) is 5.01. The SMILES string of the molecule is Cc1ccc(C(=O)/C=C/C2(n3cc([N+](=O)[O-])c4ccccc43)CC2)cc1. The van der Waals surface area contributed by atoms with Gasteiger partial charge in [0.25, 0.3) is 5.69 Å². The predicted molar refractivity (Wildman–Crippen MR) is 100 cm³/mol. The molecule has 0 N–H and O–H groups in total. The van der Waals surface area contributed by atoms with Crippen LogP contribution in [0.1, 0.15) is 28.8 Å². The Bertz CT molecular complexity index is 1040. The lowest BCUT2D eigenvalue weighted by Crippen LogP contribution is -2.13. The normalized spacial score (nSPS) is 15.4. The molecule has 0 saturated heterocycles. The number of nitro groups is 1. The van der Waals surface area contributed by atoms with E-state index in [-0.39, 0.29) is 21.9 Å². The first-order valence-electron chi connectivity index (χ1n) is 8.55. The van der Waals surface area contributed by atoms with Gasteiger partial charge in [-0.2, -0.15) is 0 Å². The second-order valence-electron chi connectivity index (χ2n) is 6.83. The third kappa shape index (κ3) is 2.71.